The number of rotatable bonds is 4. The summed E-state index contributed by atoms with van der Waals surface area (Å²) in [4.78, 5) is 19.1. The maximum atomic E-state index is 12.7. The van der Waals surface area contributed by atoms with Gasteiger partial charge in [0.05, 0.1) is 12.1 Å². The van der Waals surface area contributed by atoms with Crippen LogP contribution in [-0.2, 0) is 11.2 Å². The average molecular weight is 372 g/mol. The Bertz CT molecular complexity index is 1100. The maximum Gasteiger partial charge on any atom is 0.232 e. The number of thiazole rings is 1. The Hall–Kier alpha value is -2.98. The van der Waals surface area contributed by atoms with E-state index >= 15 is 0 Å². The van der Waals surface area contributed by atoms with Gasteiger partial charge in [0, 0.05) is 23.7 Å². The molecule has 1 aromatic heterocycles. The molecule has 0 fully saturated rings. The number of nitrogens with zero attached hydrogens (tertiary/aromatic N) is 2. The lowest BCUT2D eigenvalue weighted by atomic mass is 10.1. The normalized spacial score (nSPS) is 10.9. The number of likely N-dealkylation sites (N-methyl/N-ethyl adjacent to an activating group) is 1. The molecular formula is C23H20N2OS. The number of benzene rings is 3. The van der Waals surface area contributed by atoms with E-state index in [1.54, 1.807) is 16.2 Å². The lowest BCUT2D eigenvalue weighted by Crippen LogP contribution is -2.27. The van der Waals surface area contributed by atoms with Crippen LogP contribution >= 0.6 is 11.3 Å². The number of fused-ring (bicyclic) bond motifs is 1. The molecule has 4 rings (SSSR count). The second-order valence-corrected chi connectivity index (χ2v) is 7.53. The Kier molecular flexibility index (Phi) is 4.73. The first-order valence-corrected chi connectivity index (χ1v) is 9.75. The molecular weight excluding hydrogens is 352 g/mol. The highest BCUT2D eigenvalue weighted by molar-refractivity contribution is 7.13. The second kappa shape index (κ2) is 7.33. The summed E-state index contributed by atoms with van der Waals surface area (Å²) >= 11 is 1.58. The molecule has 0 saturated carbocycles. The Labute approximate surface area is 162 Å². The minimum absolute atomic E-state index is 0.0334. The van der Waals surface area contributed by atoms with Crippen molar-refractivity contribution in [1.29, 1.82) is 0 Å². The largest absolute Gasteiger partial charge is 0.315 e. The zero-order valence-electron chi connectivity index (χ0n) is 15.3. The first kappa shape index (κ1) is 17.4. The molecule has 3 aromatic carbocycles. The van der Waals surface area contributed by atoms with Crippen LogP contribution in [0.25, 0.3) is 21.3 Å². The maximum absolute atomic E-state index is 12.7. The highest BCUT2D eigenvalue weighted by Crippen LogP contribution is 2.25. The third-order valence-electron chi connectivity index (χ3n) is 4.68. The van der Waals surface area contributed by atoms with Crippen molar-refractivity contribution >= 4 is 33.7 Å². The zero-order chi connectivity index (χ0) is 18.8. The van der Waals surface area contributed by atoms with E-state index in [1.165, 1.54) is 10.9 Å². The molecule has 0 radical (unpaired) electrons. The van der Waals surface area contributed by atoms with Crippen LogP contribution in [0.1, 0.15) is 11.3 Å². The van der Waals surface area contributed by atoms with Gasteiger partial charge in [-0.15, -0.1) is 11.3 Å². The van der Waals surface area contributed by atoms with Crippen LogP contribution in [0.2, 0.25) is 0 Å². The van der Waals surface area contributed by atoms with Gasteiger partial charge < -0.3 is 4.90 Å². The van der Waals surface area contributed by atoms with Gasteiger partial charge in [-0.2, -0.15) is 0 Å². The topological polar surface area (TPSA) is 33.2 Å². The minimum Gasteiger partial charge on any atom is -0.315 e. The number of anilines is 1. The van der Waals surface area contributed by atoms with E-state index < -0.39 is 0 Å². The third-order valence-corrected chi connectivity index (χ3v) is 5.62. The van der Waals surface area contributed by atoms with Crippen molar-refractivity contribution < 1.29 is 4.79 Å². The molecule has 0 aliphatic rings. The number of carbonyl (C=O) groups excluding carboxylic acids is 1. The summed E-state index contributed by atoms with van der Waals surface area (Å²) in [5.41, 5.74) is 4.02. The number of aromatic nitrogens is 1. The highest BCUT2D eigenvalue weighted by atomic mass is 32.1. The van der Waals surface area contributed by atoms with Crippen LogP contribution in [0.4, 0.5) is 5.69 Å². The van der Waals surface area contributed by atoms with Crippen LogP contribution in [0, 0.1) is 6.92 Å². The van der Waals surface area contributed by atoms with Gasteiger partial charge in [0.1, 0.15) is 5.01 Å². The van der Waals surface area contributed by atoms with Gasteiger partial charge in [0.25, 0.3) is 0 Å². The highest BCUT2D eigenvalue weighted by Gasteiger charge is 2.14. The van der Waals surface area contributed by atoms with Gasteiger partial charge in [-0.25, -0.2) is 4.98 Å². The fourth-order valence-corrected chi connectivity index (χ4v) is 3.85. The summed E-state index contributed by atoms with van der Waals surface area (Å²) in [6, 6.07) is 22.5. The molecule has 0 N–H and O–H groups in total. The molecule has 0 aliphatic carbocycles. The van der Waals surface area contributed by atoms with Crippen molar-refractivity contribution in [2.45, 2.75) is 13.3 Å². The Morgan fingerprint density at radius 3 is 2.52 bits per heavy atom. The molecule has 134 valence electrons. The van der Waals surface area contributed by atoms with Gasteiger partial charge >= 0.3 is 0 Å². The van der Waals surface area contributed by atoms with E-state index in [1.807, 2.05) is 42.8 Å². The van der Waals surface area contributed by atoms with Crippen molar-refractivity contribution in [3.05, 3.63) is 83.4 Å². The van der Waals surface area contributed by atoms with Crippen molar-refractivity contribution in [2.75, 3.05) is 11.9 Å². The molecule has 4 aromatic rings. The fourth-order valence-electron chi connectivity index (χ4n) is 3.02. The number of carbonyl (C=O) groups is 1. The number of hydrogen-bond acceptors (Lipinski definition) is 3. The summed E-state index contributed by atoms with van der Waals surface area (Å²) in [7, 11) is 1.82. The summed E-state index contributed by atoms with van der Waals surface area (Å²) in [6.45, 7) is 2.07. The van der Waals surface area contributed by atoms with Crippen molar-refractivity contribution in [3.8, 4) is 10.6 Å². The SMILES string of the molecule is Cc1ccc(-c2nc(CC(=O)N(C)c3ccc4ccccc4c3)cs2)cc1. The number of amides is 1. The van der Waals surface area contributed by atoms with Gasteiger partial charge in [-0.05, 0) is 29.8 Å². The lowest BCUT2D eigenvalue weighted by Gasteiger charge is -2.17. The molecule has 1 heterocycles. The quantitative estimate of drug-likeness (QED) is 0.475. The van der Waals surface area contributed by atoms with Crippen LogP contribution in [-0.4, -0.2) is 17.9 Å². The molecule has 0 aliphatic heterocycles. The summed E-state index contributed by atoms with van der Waals surface area (Å²) in [5, 5.41) is 5.22. The first-order chi connectivity index (χ1) is 13.1. The van der Waals surface area contributed by atoms with E-state index in [9.17, 15) is 4.79 Å². The smallest absolute Gasteiger partial charge is 0.232 e. The van der Waals surface area contributed by atoms with Gasteiger partial charge in [0.15, 0.2) is 0 Å². The van der Waals surface area contributed by atoms with Crippen LogP contribution < -0.4 is 4.90 Å². The summed E-state index contributed by atoms with van der Waals surface area (Å²) in [5.74, 6) is 0.0334. The molecule has 3 nitrogen and oxygen atoms in total. The van der Waals surface area contributed by atoms with Crippen molar-refractivity contribution in [1.82, 2.24) is 4.98 Å². The number of hydrogen-bond donors (Lipinski definition) is 0. The predicted octanol–water partition coefficient (Wildman–Crippen LogP) is 5.48. The molecule has 0 saturated heterocycles. The Balaban J connectivity index is 1.50. The number of aryl methyl sites for hydroxylation is 1. The lowest BCUT2D eigenvalue weighted by molar-refractivity contribution is -0.117. The standard InChI is InChI=1S/C23H20N2OS/c1-16-7-9-18(10-8-16)23-24-20(15-27-23)14-22(26)25(2)21-12-11-17-5-3-4-6-19(17)13-21/h3-13,15H,14H2,1-2H3. The monoisotopic (exact) mass is 372 g/mol. The van der Waals surface area contributed by atoms with Crippen LogP contribution in [0.5, 0.6) is 0 Å². The van der Waals surface area contributed by atoms with Crippen molar-refractivity contribution in [3.63, 3.8) is 0 Å². The van der Waals surface area contributed by atoms with E-state index in [0.29, 0.717) is 6.42 Å². The second-order valence-electron chi connectivity index (χ2n) is 6.67. The first-order valence-electron chi connectivity index (χ1n) is 8.87. The average Bonchev–Trinajstić information content (AvgIpc) is 3.16. The van der Waals surface area contributed by atoms with E-state index in [4.69, 9.17) is 0 Å². The van der Waals surface area contributed by atoms with Crippen LogP contribution in [0.3, 0.4) is 0 Å². The predicted molar refractivity (Wildman–Crippen MR) is 113 cm³/mol. The Morgan fingerprint density at radius 2 is 1.74 bits per heavy atom. The van der Waals surface area contributed by atoms with Gasteiger partial charge in [0.2, 0.25) is 5.91 Å². The summed E-state index contributed by atoms with van der Waals surface area (Å²) < 4.78 is 0. The molecule has 27 heavy (non-hydrogen) atoms. The van der Waals surface area contributed by atoms with E-state index in [0.717, 1.165) is 27.3 Å². The van der Waals surface area contributed by atoms with E-state index in [2.05, 4.69) is 48.3 Å². The third kappa shape index (κ3) is 3.76. The molecule has 0 atom stereocenters. The zero-order valence-corrected chi connectivity index (χ0v) is 16.2. The Morgan fingerprint density at radius 1 is 1.00 bits per heavy atom. The summed E-state index contributed by atoms with van der Waals surface area (Å²) in [6.07, 6.45) is 0.297. The minimum atomic E-state index is 0.0334. The molecule has 0 bridgehead atoms. The molecule has 4 heteroatoms. The molecule has 0 spiro atoms. The van der Waals surface area contributed by atoms with Crippen molar-refractivity contribution in [2.24, 2.45) is 0 Å². The van der Waals surface area contributed by atoms with Gasteiger partial charge in [-0.3, -0.25) is 4.79 Å². The fraction of sp³-hybridized carbons (Fsp3) is 0.130. The molecule has 1 amide bonds. The van der Waals surface area contributed by atoms with Crippen LogP contribution in [0.15, 0.2) is 72.1 Å². The van der Waals surface area contributed by atoms with Gasteiger partial charge in [-0.1, -0.05) is 60.2 Å². The molecule has 0 unspecified atom stereocenters. The van der Waals surface area contributed by atoms with E-state index in [-0.39, 0.29) is 5.91 Å².